The van der Waals surface area contributed by atoms with Crippen molar-refractivity contribution in [3.8, 4) is 0 Å². The van der Waals surface area contributed by atoms with Crippen molar-refractivity contribution in [2.24, 2.45) is 5.92 Å². The molecule has 21 heavy (non-hydrogen) atoms. The van der Waals surface area contributed by atoms with E-state index in [1.807, 2.05) is 16.3 Å². The summed E-state index contributed by atoms with van der Waals surface area (Å²) in [7, 11) is 0. The molecule has 5 nitrogen and oxygen atoms in total. The van der Waals surface area contributed by atoms with Crippen LogP contribution in [-0.2, 0) is 19.6 Å². The summed E-state index contributed by atoms with van der Waals surface area (Å²) in [5.74, 6) is 0.669. The summed E-state index contributed by atoms with van der Waals surface area (Å²) in [4.78, 5) is 0. The van der Waals surface area contributed by atoms with Gasteiger partial charge in [0.25, 0.3) is 0 Å². The molecule has 2 aromatic heterocycles. The fraction of sp³-hybridized carbons (Fsp3) is 0.625. The number of hydrogen-bond donors (Lipinski definition) is 1. The molecule has 0 fully saturated rings. The van der Waals surface area contributed by atoms with E-state index in [-0.39, 0.29) is 0 Å². The van der Waals surface area contributed by atoms with Crippen LogP contribution < -0.4 is 5.32 Å². The molecular formula is C16H27N5. The molecule has 5 heteroatoms. The normalized spacial score (nSPS) is 11.5. The maximum Gasteiger partial charge on any atom is 0.0828 e. The molecule has 0 spiro atoms. The monoisotopic (exact) mass is 289 g/mol. The smallest absolute Gasteiger partial charge is 0.0828 e. The zero-order valence-corrected chi connectivity index (χ0v) is 13.8. The molecule has 2 rings (SSSR count). The first-order valence-corrected chi connectivity index (χ1v) is 7.76. The number of nitrogens with zero attached hydrogens (tertiary/aromatic N) is 4. The third-order valence-corrected chi connectivity index (χ3v) is 3.53. The minimum Gasteiger partial charge on any atom is -0.312 e. The van der Waals surface area contributed by atoms with E-state index in [4.69, 9.17) is 0 Å². The summed E-state index contributed by atoms with van der Waals surface area (Å²) in [6, 6.07) is 2.14. The van der Waals surface area contributed by atoms with Gasteiger partial charge in [-0.1, -0.05) is 13.8 Å². The van der Waals surface area contributed by atoms with Crippen LogP contribution >= 0.6 is 0 Å². The van der Waals surface area contributed by atoms with Gasteiger partial charge in [0.2, 0.25) is 0 Å². The second-order valence-corrected chi connectivity index (χ2v) is 6.05. The fourth-order valence-corrected chi connectivity index (χ4v) is 2.48. The Morgan fingerprint density at radius 1 is 1.24 bits per heavy atom. The fourth-order valence-electron chi connectivity index (χ4n) is 2.48. The molecule has 0 amide bonds. The zero-order valence-electron chi connectivity index (χ0n) is 13.8. The van der Waals surface area contributed by atoms with Crippen LogP contribution in [0.3, 0.4) is 0 Å². The maximum atomic E-state index is 4.62. The molecule has 0 saturated heterocycles. The number of aromatic nitrogens is 4. The summed E-state index contributed by atoms with van der Waals surface area (Å²) < 4.78 is 4.06. The van der Waals surface area contributed by atoms with E-state index >= 15 is 0 Å². The first kappa shape index (κ1) is 15.8. The Hall–Kier alpha value is -1.62. The van der Waals surface area contributed by atoms with Crippen LogP contribution in [0, 0.1) is 19.8 Å². The minimum atomic E-state index is 0.669. The molecule has 0 radical (unpaired) electrons. The Labute approximate surface area is 127 Å². The predicted octanol–water partition coefficient (Wildman–Crippen LogP) is 2.51. The highest BCUT2D eigenvalue weighted by Crippen LogP contribution is 2.10. The summed E-state index contributed by atoms with van der Waals surface area (Å²) >= 11 is 0. The van der Waals surface area contributed by atoms with E-state index in [1.165, 1.54) is 11.3 Å². The van der Waals surface area contributed by atoms with Gasteiger partial charge in [-0.15, -0.1) is 0 Å². The van der Waals surface area contributed by atoms with Crippen LogP contribution in [0.2, 0.25) is 0 Å². The molecule has 0 aliphatic carbocycles. The highest BCUT2D eigenvalue weighted by molar-refractivity contribution is 5.17. The van der Waals surface area contributed by atoms with Gasteiger partial charge in [0.1, 0.15) is 0 Å². The van der Waals surface area contributed by atoms with Gasteiger partial charge in [-0.25, -0.2) is 0 Å². The number of nitrogens with one attached hydrogen (secondary N) is 1. The van der Waals surface area contributed by atoms with Crippen LogP contribution in [0.5, 0.6) is 0 Å². The first-order valence-electron chi connectivity index (χ1n) is 7.76. The Morgan fingerprint density at radius 2 is 2.00 bits per heavy atom. The van der Waals surface area contributed by atoms with Gasteiger partial charge in [0.15, 0.2) is 0 Å². The molecule has 0 aliphatic heterocycles. The number of hydrogen-bond acceptors (Lipinski definition) is 3. The predicted molar refractivity (Wildman–Crippen MR) is 85.2 cm³/mol. The SMILES string of the molecule is CCn1nc(C)cc1Cn1cc(CNCC(C)C)c(C)n1. The van der Waals surface area contributed by atoms with Crippen molar-refractivity contribution in [1.82, 2.24) is 24.9 Å². The van der Waals surface area contributed by atoms with Gasteiger partial charge < -0.3 is 5.32 Å². The van der Waals surface area contributed by atoms with Crippen molar-refractivity contribution >= 4 is 0 Å². The standard InChI is InChI=1S/C16H27N5/c1-6-21-16(7-13(4)18-21)11-20-10-15(14(5)19-20)9-17-8-12(2)3/h7,10,12,17H,6,8-9,11H2,1-5H3. The van der Waals surface area contributed by atoms with Crippen LogP contribution in [0.15, 0.2) is 12.3 Å². The van der Waals surface area contributed by atoms with Crippen LogP contribution in [0.4, 0.5) is 0 Å². The Morgan fingerprint density at radius 3 is 2.67 bits per heavy atom. The average molecular weight is 289 g/mol. The molecule has 116 valence electrons. The van der Waals surface area contributed by atoms with Crippen molar-refractivity contribution < 1.29 is 0 Å². The van der Waals surface area contributed by atoms with E-state index in [0.717, 1.165) is 37.6 Å². The molecule has 2 heterocycles. The van der Waals surface area contributed by atoms with Crippen LogP contribution in [0.25, 0.3) is 0 Å². The molecular weight excluding hydrogens is 262 g/mol. The Kier molecular flexibility index (Phi) is 5.17. The van der Waals surface area contributed by atoms with Crippen LogP contribution in [0.1, 0.15) is 43.4 Å². The zero-order chi connectivity index (χ0) is 15.4. The lowest BCUT2D eigenvalue weighted by atomic mass is 10.2. The van der Waals surface area contributed by atoms with Gasteiger partial charge in [-0.2, -0.15) is 10.2 Å². The van der Waals surface area contributed by atoms with E-state index in [0.29, 0.717) is 5.92 Å². The topological polar surface area (TPSA) is 47.7 Å². The largest absolute Gasteiger partial charge is 0.312 e. The average Bonchev–Trinajstić information content (AvgIpc) is 2.93. The molecule has 1 N–H and O–H groups in total. The van der Waals surface area contributed by atoms with E-state index < -0.39 is 0 Å². The lowest BCUT2D eigenvalue weighted by molar-refractivity contribution is 0.551. The molecule has 0 atom stereocenters. The molecule has 0 aliphatic rings. The van der Waals surface area contributed by atoms with Gasteiger partial charge >= 0.3 is 0 Å². The van der Waals surface area contributed by atoms with Crippen molar-refractivity contribution in [1.29, 1.82) is 0 Å². The van der Waals surface area contributed by atoms with Crippen molar-refractivity contribution in [2.45, 2.75) is 54.3 Å². The van der Waals surface area contributed by atoms with Gasteiger partial charge in [0.05, 0.1) is 23.6 Å². The highest BCUT2D eigenvalue weighted by Gasteiger charge is 2.09. The van der Waals surface area contributed by atoms with Crippen LogP contribution in [-0.4, -0.2) is 26.1 Å². The van der Waals surface area contributed by atoms with Gasteiger partial charge in [-0.3, -0.25) is 9.36 Å². The molecule has 2 aromatic rings. The quantitative estimate of drug-likeness (QED) is 0.852. The van der Waals surface area contributed by atoms with Crippen molar-refractivity contribution in [2.75, 3.05) is 6.54 Å². The lowest BCUT2D eigenvalue weighted by Crippen LogP contribution is -2.19. The van der Waals surface area contributed by atoms with Gasteiger partial charge in [-0.05, 0) is 39.3 Å². The second-order valence-electron chi connectivity index (χ2n) is 6.05. The molecule has 0 unspecified atom stereocenters. The molecule has 0 saturated carbocycles. The summed E-state index contributed by atoms with van der Waals surface area (Å²) in [6.07, 6.45) is 2.14. The highest BCUT2D eigenvalue weighted by atomic mass is 15.3. The number of aryl methyl sites for hydroxylation is 3. The Bertz CT molecular complexity index is 580. The molecule has 0 bridgehead atoms. The molecule has 0 aromatic carbocycles. The Balaban J connectivity index is 2.04. The third-order valence-electron chi connectivity index (χ3n) is 3.53. The minimum absolute atomic E-state index is 0.669. The summed E-state index contributed by atoms with van der Waals surface area (Å²) in [6.45, 7) is 14.3. The van der Waals surface area contributed by atoms with Crippen molar-refractivity contribution in [3.05, 3.63) is 34.9 Å². The third kappa shape index (κ3) is 4.17. The van der Waals surface area contributed by atoms with E-state index in [9.17, 15) is 0 Å². The van der Waals surface area contributed by atoms with E-state index in [1.54, 1.807) is 0 Å². The van der Waals surface area contributed by atoms with Crippen molar-refractivity contribution in [3.63, 3.8) is 0 Å². The first-order chi connectivity index (χ1) is 9.99. The van der Waals surface area contributed by atoms with Gasteiger partial charge in [0, 0.05) is 24.8 Å². The lowest BCUT2D eigenvalue weighted by Gasteiger charge is -2.06. The van der Waals surface area contributed by atoms with E-state index in [2.05, 4.69) is 55.5 Å². The second kappa shape index (κ2) is 6.89. The maximum absolute atomic E-state index is 4.62. The number of rotatable bonds is 7. The summed E-state index contributed by atoms with van der Waals surface area (Å²) in [5, 5.41) is 12.6. The summed E-state index contributed by atoms with van der Waals surface area (Å²) in [5.41, 5.74) is 4.65.